The Balaban J connectivity index is 1.60. The Kier molecular flexibility index (Phi) is 6.30. The van der Waals surface area contributed by atoms with E-state index >= 15 is 0 Å². The number of carbonyl (C=O) groups is 1. The Bertz CT molecular complexity index is 863. The molecular weight excluding hydrogens is 345 g/mol. The quantitative estimate of drug-likeness (QED) is 0.606. The van der Waals surface area contributed by atoms with E-state index in [1.165, 1.54) is 12.1 Å². The second-order valence-electron chi connectivity index (χ2n) is 6.31. The highest BCUT2D eigenvalue weighted by molar-refractivity contribution is 5.78. The predicted molar refractivity (Wildman–Crippen MR) is 100 cm³/mol. The van der Waals surface area contributed by atoms with Gasteiger partial charge in [0.05, 0.1) is 6.42 Å². The molecule has 0 unspecified atom stereocenters. The smallest absolute Gasteiger partial charge is 0.228 e. The molecule has 0 aliphatic heterocycles. The minimum Gasteiger partial charge on any atom is -0.342 e. The summed E-state index contributed by atoms with van der Waals surface area (Å²) < 4.78 is 18.3. The van der Waals surface area contributed by atoms with Crippen LogP contribution in [0.4, 0.5) is 4.39 Å². The van der Waals surface area contributed by atoms with Gasteiger partial charge in [0.25, 0.3) is 0 Å². The van der Waals surface area contributed by atoms with Crippen molar-refractivity contribution in [2.24, 2.45) is 0 Å². The van der Waals surface area contributed by atoms with E-state index < -0.39 is 0 Å². The van der Waals surface area contributed by atoms with E-state index in [1.807, 2.05) is 37.3 Å². The Morgan fingerprint density at radius 2 is 1.81 bits per heavy atom. The fraction of sp³-hybridized carbons (Fsp3) is 0.286. The molecule has 0 radical (unpaired) electrons. The molecule has 0 aliphatic carbocycles. The highest BCUT2D eigenvalue weighted by Crippen LogP contribution is 2.15. The standard InChI is InChI=1S/C21H22FN3O2/c1-2-13-25(20(26)15-16-8-10-18(22)11-9-16)14-12-19-23-21(24-27-19)17-6-4-3-5-7-17/h3-11H,2,12-15H2,1H3. The minimum absolute atomic E-state index is 0.00579. The zero-order valence-corrected chi connectivity index (χ0v) is 15.3. The van der Waals surface area contributed by atoms with E-state index in [1.54, 1.807) is 17.0 Å². The van der Waals surface area contributed by atoms with Crippen molar-refractivity contribution in [3.8, 4) is 11.4 Å². The van der Waals surface area contributed by atoms with Crippen molar-refractivity contribution in [3.63, 3.8) is 0 Å². The van der Waals surface area contributed by atoms with E-state index in [2.05, 4.69) is 10.1 Å². The fourth-order valence-corrected chi connectivity index (χ4v) is 2.81. The van der Waals surface area contributed by atoms with Crippen molar-refractivity contribution in [1.82, 2.24) is 15.0 Å². The van der Waals surface area contributed by atoms with Crippen LogP contribution in [0, 0.1) is 5.82 Å². The number of hydrogen-bond donors (Lipinski definition) is 0. The van der Waals surface area contributed by atoms with E-state index in [4.69, 9.17) is 4.52 Å². The van der Waals surface area contributed by atoms with Crippen LogP contribution >= 0.6 is 0 Å². The lowest BCUT2D eigenvalue weighted by atomic mass is 10.1. The van der Waals surface area contributed by atoms with Crippen LogP contribution in [0.5, 0.6) is 0 Å². The first-order valence-electron chi connectivity index (χ1n) is 9.06. The number of hydrogen-bond acceptors (Lipinski definition) is 4. The Morgan fingerprint density at radius 3 is 2.52 bits per heavy atom. The van der Waals surface area contributed by atoms with Gasteiger partial charge in [-0.05, 0) is 24.1 Å². The van der Waals surface area contributed by atoms with Crippen molar-refractivity contribution in [1.29, 1.82) is 0 Å². The molecule has 0 fully saturated rings. The number of amides is 1. The lowest BCUT2D eigenvalue weighted by Crippen LogP contribution is -2.34. The molecule has 5 nitrogen and oxygen atoms in total. The summed E-state index contributed by atoms with van der Waals surface area (Å²) in [5.41, 5.74) is 1.69. The lowest BCUT2D eigenvalue weighted by Gasteiger charge is -2.21. The summed E-state index contributed by atoms with van der Waals surface area (Å²) in [6, 6.07) is 15.6. The monoisotopic (exact) mass is 367 g/mol. The lowest BCUT2D eigenvalue weighted by molar-refractivity contribution is -0.130. The first-order chi connectivity index (χ1) is 13.2. The normalized spacial score (nSPS) is 10.7. The van der Waals surface area contributed by atoms with Gasteiger partial charge in [0.15, 0.2) is 0 Å². The maximum atomic E-state index is 13.0. The number of rotatable bonds is 8. The molecule has 0 aliphatic rings. The zero-order valence-electron chi connectivity index (χ0n) is 15.3. The topological polar surface area (TPSA) is 59.2 Å². The first kappa shape index (κ1) is 18.8. The van der Waals surface area contributed by atoms with Crippen LogP contribution in [-0.2, 0) is 17.6 Å². The molecule has 0 spiro atoms. The molecule has 3 aromatic rings. The highest BCUT2D eigenvalue weighted by atomic mass is 19.1. The number of benzene rings is 2. The molecule has 1 amide bonds. The average molecular weight is 367 g/mol. The van der Waals surface area contributed by atoms with Crippen molar-refractivity contribution in [2.75, 3.05) is 13.1 Å². The SMILES string of the molecule is CCCN(CCc1nc(-c2ccccc2)no1)C(=O)Cc1ccc(F)cc1. The van der Waals surface area contributed by atoms with Gasteiger partial charge in [0.2, 0.25) is 17.6 Å². The predicted octanol–water partition coefficient (Wildman–Crippen LogP) is 3.90. The summed E-state index contributed by atoms with van der Waals surface area (Å²) in [5, 5.41) is 4.01. The van der Waals surface area contributed by atoms with Gasteiger partial charge >= 0.3 is 0 Å². The molecule has 140 valence electrons. The number of carbonyl (C=O) groups excluding carboxylic acids is 1. The van der Waals surface area contributed by atoms with Gasteiger partial charge < -0.3 is 9.42 Å². The van der Waals surface area contributed by atoms with Gasteiger partial charge in [-0.15, -0.1) is 0 Å². The molecule has 0 saturated carbocycles. The minimum atomic E-state index is -0.303. The van der Waals surface area contributed by atoms with Crippen molar-refractivity contribution >= 4 is 5.91 Å². The van der Waals surface area contributed by atoms with Crippen molar-refractivity contribution in [3.05, 3.63) is 71.9 Å². The number of aromatic nitrogens is 2. The number of halogens is 1. The zero-order chi connectivity index (χ0) is 19.1. The second kappa shape index (κ2) is 9.07. The van der Waals surface area contributed by atoms with Gasteiger partial charge in [-0.25, -0.2) is 4.39 Å². The maximum Gasteiger partial charge on any atom is 0.228 e. The van der Waals surface area contributed by atoms with Gasteiger partial charge in [-0.1, -0.05) is 54.5 Å². The Labute approximate surface area is 157 Å². The van der Waals surface area contributed by atoms with E-state index in [0.717, 1.165) is 17.5 Å². The van der Waals surface area contributed by atoms with Crippen molar-refractivity contribution < 1.29 is 13.7 Å². The molecular formula is C21H22FN3O2. The maximum absolute atomic E-state index is 13.0. The summed E-state index contributed by atoms with van der Waals surface area (Å²) in [6.07, 6.45) is 1.60. The largest absolute Gasteiger partial charge is 0.342 e. The summed E-state index contributed by atoms with van der Waals surface area (Å²) >= 11 is 0. The Hall–Kier alpha value is -3.02. The Morgan fingerprint density at radius 1 is 1.07 bits per heavy atom. The van der Waals surface area contributed by atoms with E-state index in [9.17, 15) is 9.18 Å². The van der Waals surface area contributed by atoms with Gasteiger partial charge in [0, 0.05) is 25.1 Å². The number of nitrogens with zero attached hydrogens (tertiary/aromatic N) is 3. The third-order valence-electron chi connectivity index (χ3n) is 4.21. The van der Waals surface area contributed by atoms with Crippen LogP contribution in [-0.4, -0.2) is 34.0 Å². The van der Waals surface area contributed by atoms with Gasteiger partial charge in [-0.3, -0.25) is 4.79 Å². The third kappa shape index (κ3) is 5.23. The second-order valence-corrected chi connectivity index (χ2v) is 6.31. The summed E-state index contributed by atoms with van der Waals surface area (Å²) in [5.74, 6) is 0.753. The fourth-order valence-electron chi connectivity index (χ4n) is 2.81. The molecule has 0 atom stereocenters. The van der Waals surface area contributed by atoms with E-state index in [0.29, 0.717) is 31.2 Å². The molecule has 1 heterocycles. The molecule has 0 bridgehead atoms. The third-order valence-corrected chi connectivity index (χ3v) is 4.21. The van der Waals surface area contributed by atoms with E-state index in [-0.39, 0.29) is 18.1 Å². The molecule has 3 rings (SSSR count). The molecule has 1 aromatic heterocycles. The molecule has 0 saturated heterocycles. The van der Waals surface area contributed by atoms with Gasteiger partial charge in [0.1, 0.15) is 5.82 Å². The summed E-state index contributed by atoms with van der Waals surface area (Å²) in [7, 11) is 0. The van der Waals surface area contributed by atoms with Gasteiger partial charge in [-0.2, -0.15) is 4.98 Å². The summed E-state index contributed by atoms with van der Waals surface area (Å²) in [6.45, 7) is 3.18. The van der Waals surface area contributed by atoms with Crippen LogP contribution in [0.15, 0.2) is 59.1 Å². The van der Waals surface area contributed by atoms with Crippen LogP contribution < -0.4 is 0 Å². The van der Waals surface area contributed by atoms with Crippen LogP contribution in [0.2, 0.25) is 0 Å². The molecule has 27 heavy (non-hydrogen) atoms. The van der Waals surface area contributed by atoms with Crippen LogP contribution in [0.1, 0.15) is 24.8 Å². The summed E-state index contributed by atoms with van der Waals surface area (Å²) in [4.78, 5) is 18.8. The molecule has 2 aromatic carbocycles. The first-order valence-corrected chi connectivity index (χ1v) is 9.06. The average Bonchev–Trinajstić information content (AvgIpc) is 3.16. The molecule has 6 heteroatoms. The molecule has 0 N–H and O–H groups in total. The van der Waals surface area contributed by atoms with Crippen LogP contribution in [0.25, 0.3) is 11.4 Å². The highest BCUT2D eigenvalue weighted by Gasteiger charge is 2.16. The van der Waals surface area contributed by atoms with Crippen molar-refractivity contribution in [2.45, 2.75) is 26.2 Å². The van der Waals surface area contributed by atoms with Crippen LogP contribution in [0.3, 0.4) is 0 Å².